The van der Waals surface area contributed by atoms with Gasteiger partial charge in [0.15, 0.2) is 13.6 Å². The first-order valence-electron chi connectivity index (χ1n) is 17.4. The Morgan fingerprint density at radius 3 is 1.74 bits per heavy atom. The number of carbonyl (C=O) groups excluding carboxylic acids is 2. The molecule has 0 saturated heterocycles. The van der Waals surface area contributed by atoms with Gasteiger partial charge in [-0.3, -0.25) is 5.09 Å². The third kappa shape index (κ3) is 27.1. The lowest BCUT2D eigenvalue weighted by Gasteiger charge is -2.30. The second kappa shape index (κ2) is 28.9. The summed E-state index contributed by atoms with van der Waals surface area (Å²) in [6.07, 6.45) is 2.21. The van der Waals surface area contributed by atoms with Gasteiger partial charge in [-0.25, -0.2) is 0 Å². The van der Waals surface area contributed by atoms with Crippen molar-refractivity contribution in [1.82, 2.24) is 5.09 Å². The molecule has 0 bridgehead atoms. The van der Waals surface area contributed by atoms with E-state index in [0.717, 1.165) is 35.1 Å². The maximum atomic E-state index is 13.1. The molecule has 0 aromatic heterocycles. The van der Waals surface area contributed by atoms with Crippen molar-refractivity contribution in [2.24, 2.45) is 10.6 Å². The van der Waals surface area contributed by atoms with Gasteiger partial charge in [0, 0.05) is 25.9 Å². The number of nitrogens with one attached hydrogen (secondary N) is 1. The number of carbonyl (C=O) groups is 2. The highest BCUT2D eigenvalue weighted by atomic mass is 31.2. The summed E-state index contributed by atoms with van der Waals surface area (Å²) in [7, 11) is -1.03. The largest absolute Gasteiger partial charge is 0.485 e. The van der Waals surface area contributed by atoms with Crippen LogP contribution in [-0.4, -0.2) is 58.6 Å². The molecule has 9 nitrogen and oxygen atoms in total. The number of methoxy groups -OCH3 is 1. The van der Waals surface area contributed by atoms with Gasteiger partial charge in [-0.15, -0.1) is 4.91 Å². The fourth-order valence-electron chi connectivity index (χ4n) is 4.19. The summed E-state index contributed by atoms with van der Waals surface area (Å²) >= 11 is 0. The van der Waals surface area contributed by atoms with E-state index >= 15 is 0 Å². The Bertz CT molecular complexity index is 1200. The molecule has 0 amide bonds. The lowest BCUT2D eigenvalue weighted by Crippen LogP contribution is -2.42. The highest BCUT2D eigenvalue weighted by Gasteiger charge is 2.27. The Balaban J connectivity index is -0.000000558. The van der Waals surface area contributed by atoms with Gasteiger partial charge >= 0.3 is 0 Å². The summed E-state index contributed by atoms with van der Waals surface area (Å²) in [4.78, 5) is 27.2. The van der Waals surface area contributed by atoms with Crippen molar-refractivity contribution in [2.75, 3.05) is 33.3 Å². The van der Waals surface area contributed by atoms with E-state index in [1.165, 1.54) is 5.56 Å². The number of benzene rings is 2. The number of nitroso groups, excluding NO2 is 1. The van der Waals surface area contributed by atoms with E-state index in [-0.39, 0.29) is 12.3 Å². The Hall–Kier alpha value is -2.71. The lowest BCUT2D eigenvalue weighted by atomic mass is 9.91. The summed E-state index contributed by atoms with van der Waals surface area (Å²) in [5.41, 5.74) is 6.25. The number of nitrogens with zero attached hydrogens (tertiary/aromatic N) is 1. The molecule has 0 heterocycles. The molecule has 0 aliphatic rings. The van der Waals surface area contributed by atoms with Crippen LogP contribution < -0.4 is 9.82 Å². The summed E-state index contributed by atoms with van der Waals surface area (Å²) in [5.74, 6) is 0.994. The molecule has 2 aromatic rings. The lowest BCUT2D eigenvalue weighted by molar-refractivity contribution is -0.0987. The Labute approximate surface area is 306 Å². The van der Waals surface area contributed by atoms with Crippen LogP contribution in [0.1, 0.15) is 130 Å². The average Bonchev–Trinajstić information content (AvgIpc) is 3.06. The molecule has 0 spiro atoms. The minimum atomic E-state index is -2.73. The van der Waals surface area contributed by atoms with Gasteiger partial charge in [0.1, 0.15) is 25.0 Å². The number of ether oxygens (including phenoxy) is 3. The van der Waals surface area contributed by atoms with Gasteiger partial charge in [0.2, 0.25) is 0 Å². The Morgan fingerprint density at radius 1 is 0.900 bits per heavy atom. The van der Waals surface area contributed by atoms with E-state index in [1.54, 1.807) is 13.8 Å². The molecule has 10 heteroatoms. The number of aryl methyl sites for hydroxylation is 2. The van der Waals surface area contributed by atoms with Gasteiger partial charge in [0.25, 0.3) is 0 Å². The zero-order chi connectivity index (χ0) is 40.3. The van der Waals surface area contributed by atoms with Crippen LogP contribution in [0.3, 0.4) is 0 Å². The third-order valence-corrected chi connectivity index (χ3v) is 8.24. The molecule has 2 rings (SSSR count). The quantitative estimate of drug-likeness (QED) is 0.151. The van der Waals surface area contributed by atoms with Crippen LogP contribution in [0, 0.1) is 24.2 Å². The molecular formula is C40H73N2O7P. The number of rotatable bonds is 14. The molecule has 0 aliphatic heterocycles. The maximum Gasteiger partial charge on any atom is 0.181 e. The number of hydrogen-bond donors (Lipinski definition) is 1. The van der Waals surface area contributed by atoms with E-state index in [4.69, 9.17) is 23.8 Å². The molecule has 2 atom stereocenters. The molecule has 0 aliphatic carbocycles. The van der Waals surface area contributed by atoms with Crippen molar-refractivity contribution < 1.29 is 28.4 Å². The minimum absolute atomic E-state index is 0.110. The predicted octanol–water partition coefficient (Wildman–Crippen LogP) is 11.2. The molecule has 290 valence electrons. The summed E-state index contributed by atoms with van der Waals surface area (Å²) in [6.45, 7) is 37.8. The van der Waals surface area contributed by atoms with Crippen LogP contribution in [0.2, 0.25) is 0 Å². The van der Waals surface area contributed by atoms with Crippen LogP contribution in [0.5, 0.6) is 5.75 Å². The zero-order valence-electron chi connectivity index (χ0n) is 34.7. The third-order valence-electron chi connectivity index (χ3n) is 6.54. The van der Waals surface area contributed by atoms with Crippen LogP contribution in [0.4, 0.5) is 5.69 Å². The van der Waals surface area contributed by atoms with E-state index in [1.807, 2.05) is 86.3 Å². The van der Waals surface area contributed by atoms with Crippen molar-refractivity contribution in [3.05, 3.63) is 63.1 Å². The van der Waals surface area contributed by atoms with Gasteiger partial charge < -0.3 is 28.4 Å². The SMILES string of the molecule is C=O.C=O.CC.CC(C)(C)C.CCOCC(C)(C)NP(C)(=O)COc1cc(C)c(Cc2ccc(N=O)c(C(C)CC)c2)c(C)c1.COC(C)C. The molecule has 0 fully saturated rings. The Kier molecular flexibility index (Phi) is 31.3. The predicted molar refractivity (Wildman–Crippen MR) is 215 cm³/mol. The van der Waals surface area contributed by atoms with Gasteiger partial charge in [-0.1, -0.05) is 67.5 Å². The van der Waals surface area contributed by atoms with Crippen LogP contribution in [0.25, 0.3) is 0 Å². The molecule has 0 radical (unpaired) electrons. The van der Waals surface area contributed by atoms with E-state index in [0.29, 0.717) is 36.2 Å². The fraction of sp³-hybridized carbons (Fsp3) is 0.650. The van der Waals surface area contributed by atoms with Crippen molar-refractivity contribution in [1.29, 1.82) is 0 Å². The summed E-state index contributed by atoms with van der Waals surface area (Å²) in [6, 6.07) is 9.92. The van der Waals surface area contributed by atoms with Gasteiger partial charge in [-0.05, 0) is 124 Å². The minimum Gasteiger partial charge on any atom is -0.485 e. The smallest absolute Gasteiger partial charge is 0.181 e. The van der Waals surface area contributed by atoms with Crippen LogP contribution in [-0.2, 0) is 30.0 Å². The van der Waals surface area contributed by atoms with E-state index in [9.17, 15) is 9.47 Å². The normalized spacial score (nSPS) is 12.3. The van der Waals surface area contributed by atoms with Crippen molar-refractivity contribution in [3.63, 3.8) is 0 Å². The van der Waals surface area contributed by atoms with E-state index < -0.39 is 12.8 Å². The second-order valence-corrected chi connectivity index (χ2v) is 17.0. The first kappa shape index (κ1) is 54.1. The van der Waals surface area contributed by atoms with Crippen molar-refractivity contribution in [3.8, 4) is 5.75 Å². The first-order chi connectivity index (χ1) is 23.2. The summed E-state index contributed by atoms with van der Waals surface area (Å²) in [5, 5.41) is 6.42. The van der Waals surface area contributed by atoms with Crippen LogP contribution in [0.15, 0.2) is 35.5 Å². The van der Waals surface area contributed by atoms with Crippen molar-refractivity contribution in [2.45, 2.75) is 134 Å². The van der Waals surface area contributed by atoms with Crippen LogP contribution >= 0.6 is 7.29 Å². The van der Waals surface area contributed by atoms with Crippen molar-refractivity contribution >= 4 is 26.6 Å². The highest BCUT2D eigenvalue weighted by Crippen LogP contribution is 2.39. The molecular weight excluding hydrogens is 651 g/mol. The number of hydrogen-bond acceptors (Lipinski definition) is 8. The molecule has 50 heavy (non-hydrogen) atoms. The molecule has 2 aromatic carbocycles. The summed E-state index contributed by atoms with van der Waals surface area (Å²) < 4.78 is 29.3. The molecule has 1 N–H and O–H groups in total. The topological polar surface area (TPSA) is 120 Å². The fourth-order valence-corrected chi connectivity index (χ4v) is 6.00. The standard InChI is InChI=1S/C27H41N2O4P.C5H12.C4H10O.C2H6.2CH2O/c1-9-19(3)25-16-22(11-12-26(25)28-30)15-24-20(4)13-23(14-21(24)5)33-18-34(8,31)29-27(6,7)17-32-10-2;1-5(2,3)4;1-4(2)5-3;3*1-2/h11-14,16,19H,9-10,15,17-18H2,1-8H3,(H,29,31);1-4H3;4H,1-3H3;1-2H3;2*1H2. The zero-order valence-corrected chi connectivity index (χ0v) is 35.6. The van der Waals surface area contributed by atoms with E-state index in [2.05, 4.69) is 71.7 Å². The van der Waals surface area contributed by atoms with Gasteiger partial charge in [-0.2, -0.15) is 0 Å². The molecule has 0 saturated carbocycles. The molecule has 2 unspecified atom stereocenters. The highest BCUT2D eigenvalue weighted by molar-refractivity contribution is 7.60. The maximum absolute atomic E-state index is 13.1. The van der Waals surface area contributed by atoms with Gasteiger partial charge in [0.05, 0.1) is 12.7 Å². The monoisotopic (exact) mass is 725 g/mol. The first-order valence-corrected chi connectivity index (χ1v) is 19.8. The average molecular weight is 725 g/mol. The Morgan fingerprint density at radius 2 is 1.36 bits per heavy atom. The second-order valence-electron chi connectivity index (χ2n) is 14.3.